The maximum atomic E-state index is 9.25. The van der Waals surface area contributed by atoms with Gasteiger partial charge in [-0.25, -0.2) is 0 Å². The molecular formula is C10H11BrO. The van der Waals surface area contributed by atoms with Gasteiger partial charge in [-0.3, -0.25) is 0 Å². The molecule has 0 unspecified atom stereocenters. The molecule has 0 aliphatic carbocycles. The third-order valence-corrected chi connectivity index (χ3v) is 2.04. The van der Waals surface area contributed by atoms with Crippen LogP contribution < -0.4 is 0 Å². The highest BCUT2D eigenvalue weighted by atomic mass is 79.9. The van der Waals surface area contributed by atoms with E-state index in [1.165, 1.54) is 0 Å². The first-order valence-electron chi connectivity index (χ1n) is 3.87. The first-order valence-corrected chi connectivity index (χ1v) is 4.66. The predicted molar refractivity (Wildman–Crippen MR) is 55.0 cm³/mol. The molecule has 0 radical (unpaired) electrons. The van der Waals surface area contributed by atoms with Crippen molar-refractivity contribution >= 4 is 22.0 Å². The minimum Gasteiger partial charge on any atom is -0.512 e. The third kappa shape index (κ3) is 2.70. The van der Waals surface area contributed by atoms with Crippen LogP contribution in [0.2, 0.25) is 0 Å². The molecule has 1 N–H and O–H groups in total. The molecule has 0 heterocycles. The van der Waals surface area contributed by atoms with Gasteiger partial charge in [0.1, 0.15) is 0 Å². The van der Waals surface area contributed by atoms with Crippen molar-refractivity contribution in [2.45, 2.75) is 13.3 Å². The lowest BCUT2D eigenvalue weighted by Gasteiger charge is -1.96. The summed E-state index contributed by atoms with van der Waals surface area (Å²) in [7, 11) is 0. The van der Waals surface area contributed by atoms with E-state index in [4.69, 9.17) is 0 Å². The van der Waals surface area contributed by atoms with Crippen LogP contribution in [0.4, 0.5) is 0 Å². The summed E-state index contributed by atoms with van der Waals surface area (Å²) < 4.78 is 1.03. The maximum Gasteiger partial charge on any atom is 0.0925 e. The first kappa shape index (κ1) is 9.33. The van der Waals surface area contributed by atoms with Crippen molar-refractivity contribution < 1.29 is 5.11 Å². The average molecular weight is 227 g/mol. The van der Waals surface area contributed by atoms with Crippen LogP contribution in [0, 0.1) is 0 Å². The largest absolute Gasteiger partial charge is 0.512 e. The summed E-state index contributed by atoms with van der Waals surface area (Å²) in [4.78, 5) is 0. The van der Waals surface area contributed by atoms with Gasteiger partial charge in [0.15, 0.2) is 0 Å². The molecule has 0 spiro atoms. The van der Waals surface area contributed by atoms with Crippen molar-refractivity contribution in [2.75, 3.05) is 0 Å². The number of hydrogen-bond donors (Lipinski definition) is 1. The second-order valence-electron chi connectivity index (χ2n) is 2.54. The van der Waals surface area contributed by atoms with Crippen LogP contribution in [0.1, 0.15) is 18.9 Å². The lowest BCUT2D eigenvalue weighted by atomic mass is 10.2. The van der Waals surface area contributed by atoms with E-state index in [-0.39, 0.29) is 0 Å². The summed E-state index contributed by atoms with van der Waals surface area (Å²) in [5.74, 6) is 0.410. The molecule has 12 heavy (non-hydrogen) atoms. The molecule has 1 aromatic carbocycles. The van der Waals surface area contributed by atoms with Gasteiger partial charge in [-0.15, -0.1) is 0 Å². The molecule has 0 aromatic heterocycles. The van der Waals surface area contributed by atoms with Crippen molar-refractivity contribution in [3.8, 4) is 0 Å². The number of allylic oxidation sites excluding steroid dienone is 1. The van der Waals surface area contributed by atoms with E-state index < -0.39 is 0 Å². The molecule has 0 saturated carbocycles. The molecule has 1 nitrogen and oxygen atoms in total. The summed E-state index contributed by atoms with van der Waals surface area (Å²) in [5.41, 5.74) is 1.02. The zero-order valence-electron chi connectivity index (χ0n) is 6.92. The summed E-state index contributed by atoms with van der Waals surface area (Å²) in [6, 6.07) is 7.82. The first-order chi connectivity index (χ1) is 5.72. The van der Waals surface area contributed by atoms with E-state index in [9.17, 15) is 5.11 Å². The quantitative estimate of drug-likeness (QED) is 0.762. The van der Waals surface area contributed by atoms with E-state index in [1.807, 2.05) is 31.2 Å². The summed E-state index contributed by atoms with van der Waals surface area (Å²) in [6.07, 6.45) is 2.44. The fraction of sp³-hybridized carbons (Fsp3) is 0.200. The van der Waals surface area contributed by atoms with Gasteiger partial charge in [-0.05, 0) is 23.8 Å². The lowest BCUT2D eigenvalue weighted by Crippen LogP contribution is -1.78. The number of rotatable bonds is 2. The number of aliphatic hydroxyl groups is 1. The second-order valence-corrected chi connectivity index (χ2v) is 3.46. The van der Waals surface area contributed by atoms with Gasteiger partial charge < -0.3 is 5.11 Å². The Morgan fingerprint density at radius 1 is 1.58 bits per heavy atom. The molecule has 2 heteroatoms. The fourth-order valence-corrected chi connectivity index (χ4v) is 1.31. The topological polar surface area (TPSA) is 20.2 Å². The van der Waals surface area contributed by atoms with Gasteiger partial charge in [0, 0.05) is 10.9 Å². The van der Waals surface area contributed by atoms with Gasteiger partial charge in [0.05, 0.1) is 5.76 Å². The molecule has 0 amide bonds. The smallest absolute Gasteiger partial charge is 0.0925 e. The van der Waals surface area contributed by atoms with Crippen LogP contribution in [-0.4, -0.2) is 5.11 Å². The van der Waals surface area contributed by atoms with Crippen LogP contribution in [0.3, 0.4) is 0 Å². The Balaban J connectivity index is 2.89. The predicted octanol–water partition coefficient (Wildman–Crippen LogP) is 3.76. The zero-order valence-corrected chi connectivity index (χ0v) is 8.51. The van der Waals surface area contributed by atoms with Crippen molar-refractivity contribution in [2.24, 2.45) is 0 Å². The maximum absolute atomic E-state index is 9.25. The Kier molecular flexibility index (Phi) is 3.35. The lowest BCUT2D eigenvalue weighted by molar-refractivity contribution is 0.400. The third-order valence-electron chi connectivity index (χ3n) is 1.54. The van der Waals surface area contributed by atoms with Crippen LogP contribution in [0.25, 0.3) is 6.08 Å². The summed E-state index contributed by atoms with van der Waals surface area (Å²) >= 11 is 3.36. The highest BCUT2D eigenvalue weighted by Gasteiger charge is 1.91. The van der Waals surface area contributed by atoms with Crippen LogP contribution >= 0.6 is 15.9 Å². The van der Waals surface area contributed by atoms with E-state index in [0.717, 1.165) is 10.0 Å². The Hall–Kier alpha value is -0.760. The Morgan fingerprint density at radius 2 is 2.33 bits per heavy atom. The van der Waals surface area contributed by atoms with Crippen molar-refractivity contribution in [1.29, 1.82) is 0 Å². The van der Waals surface area contributed by atoms with Gasteiger partial charge in [0.2, 0.25) is 0 Å². The number of aliphatic hydroxyl groups excluding tert-OH is 1. The standard InChI is InChI=1S/C10H11BrO/c1-2-10(12)7-8-4-3-5-9(11)6-8/h3-7,12H,2H2,1H3/b10-7-. The fourth-order valence-electron chi connectivity index (χ4n) is 0.891. The molecule has 0 bridgehead atoms. The highest BCUT2D eigenvalue weighted by Crippen LogP contribution is 2.14. The van der Waals surface area contributed by atoms with Crippen LogP contribution in [-0.2, 0) is 0 Å². The van der Waals surface area contributed by atoms with E-state index >= 15 is 0 Å². The summed E-state index contributed by atoms with van der Waals surface area (Å²) in [5, 5.41) is 9.25. The van der Waals surface area contributed by atoms with E-state index in [1.54, 1.807) is 6.08 Å². The van der Waals surface area contributed by atoms with Crippen LogP contribution in [0.15, 0.2) is 34.5 Å². The monoisotopic (exact) mass is 226 g/mol. The number of benzene rings is 1. The SMILES string of the molecule is CC/C(O)=C/c1cccc(Br)c1. The zero-order chi connectivity index (χ0) is 8.97. The van der Waals surface area contributed by atoms with Crippen molar-refractivity contribution in [3.05, 3.63) is 40.1 Å². The van der Waals surface area contributed by atoms with Gasteiger partial charge in [-0.2, -0.15) is 0 Å². The molecule has 1 aromatic rings. The normalized spacial score (nSPS) is 11.7. The highest BCUT2D eigenvalue weighted by molar-refractivity contribution is 9.10. The van der Waals surface area contributed by atoms with Crippen molar-refractivity contribution in [3.63, 3.8) is 0 Å². The van der Waals surface area contributed by atoms with Gasteiger partial charge in [-0.1, -0.05) is 35.0 Å². The molecule has 0 saturated heterocycles. The van der Waals surface area contributed by atoms with E-state index in [0.29, 0.717) is 12.2 Å². The Labute approximate surface area is 80.9 Å². The Morgan fingerprint density at radius 3 is 2.92 bits per heavy atom. The minimum absolute atomic E-state index is 0.410. The average Bonchev–Trinajstić information content (AvgIpc) is 2.04. The molecule has 0 atom stereocenters. The molecule has 0 fully saturated rings. The molecule has 64 valence electrons. The van der Waals surface area contributed by atoms with E-state index in [2.05, 4.69) is 15.9 Å². The molecule has 0 aliphatic heterocycles. The minimum atomic E-state index is 0.410. The van der Waals surface area contributed by atoms with Crippen molar-refractivity contribution in [1.82, 2.24) is 0 Å². The summed E-state index contributed by atoms with van der Waals surface area (Å²) in [6.45, 7) is 1.92. The van der Waals surface area contributed by atoms with Crippen LogP contribution in [0.5, 0.6) is 0 Å². The Bertz CT molecular complexity index is 292. The molecular weight excluding hydrogens is 216 g/mol. The molecule has 1 rings (SSSR count). The number of halogens is 1. The molecule has 0 aliphatic rings. The second kappa shape index (κ2) is 4.31. The number of hydrogen-bond acceptors (Lipinski definition) is 1. The van der Waals surface area contributed by atoms with Gasteiger partial charge in [0.25, 0.3) is 0 Å². The van der Waals surface area contributed by atoms with Gasteiger partial charge >= 0.3 is 0 Å².